The first-order valence-corrected chi connectivity index (χ1v) is 11.8. The van der Waals surface area contributed by atoms with Crippen LogP contribution in [0.3, 0.4) is 0 Å². The average Bonchev–Trinajstić information content (AvgIpc) is 2.93. The van der Waals surface area contributed by atoms with Crippen LogP contribution in [0, 0.1) is 5.92 Å². The number of carbonyl (C=O) groups is 1. The Balaban J connectivity index is 1.58. The van der Waals surface area contributed by atoms with Gasteiger partial charge in [0.15, 0.2) is 0 Å². The number of amides is 1. The number of fused-ring (bicyclic) bond motifs is 1. The van der Waals surface area contributed by atoms with E-state index in [1.807, 2.05) is 4.90 Å². The summed E-state index contributed by atoms with van der Waals surface area (Å²) in [6.45, 7) is 4.90. The van der Waals surface area contributed by atoms with Crippen molar-refractivity contribution in [2.45, 2.75) is 50.3 Å². The van der Waals surface area contributed by atoms with E-state index in [0.29, 0.717) is 29.6 Å². The SMILES string of the molecule is CC1CCN(S(=O)(=O)c2ccc3[nH]c(C(=O)N4CCCCCC4)cc3c2)CC1. The molecule has 0 saturated carbocycles. The number of likely N-dealkylation sites (tertiary alicyclic amines) is 1. The molecular formula is C21H29N3O3S. The topological polar surface area (TPSA) is 73.5 Å². The summed E-state index contributed by atoms with van der Waals surface area (Å²) in [5, 5.41) is 0.768. The molecule has 1 amide bonds. The highest BCUT2D eigenvalue weighted by atomic mass is 32.2. The molecule has 2 aliphatic heterocycles. The Morgan fingerprint density at radius 2 is 1.68 bits per heavy atom. The number of H-pyrrole nitrogens is 1. The molecule has 3 heterocycles. The lowest BCUT2D eigenvalue weighted by atomic mass is 10.0. The van der Waals surface area contributed by atoms with Gasteiger partial charge in [-0.3, -0.25) is 4.79 Å². The lowest BCUT2D eigenvalue weighted by Crippen LogP contribution is -2.37. The summed E-state index contributed by atoms with van der Waals surface area (Å²) in [5.74, 6) is 0.582. The number of hydrogen-bond acceptors (Lipinski definition) is 3. The highest BCUT2D eigenvalue weighted by Gasteiger charge is 2.28. The second-order valence-electron chi connectivity index (χ2n) is 8.23. The maximum absolute atomic E-state index is 13.0. The zero-order valence-electron chi connectivity index (χ0n) is 16.5. The lowest BCUT2D eigenvalue weighted by molar-refractivity contribution is 0.0756. The molecule has 0 radical (unpaired) electrons. The monoisotopic (exact) mass is 403 g/mol. The maximum Gasteiger partial charge on any atom is 0.270 e. The van der Waals surface area contributed by atoms with Gasteiger partial charge in [-0.25, -0.2) is 8.42 Å². The Kier molecular flexibility index (Phi) is 5.47. The van der Waals surface area contributed by atoms with Crippen molar-refractivity contribution in [3.63, 3.8) is 0 Å². The smallest absolute Gasteiger partial charge is 0.270 e. The Morgan fingerprint density at radius 3 is 2.36 bits per heavy atom. The predicted octanol–water partition coefficient (Wildman–Crippen LogP) is 3.60. The largest absolute Gasteiger partial charge is 0.351 e. The van der Waals surface area contributed by atoms with Crippen LogP contribution in [0.2, 0.25) is 0 Å². The zero-order valence-corrected chi connectivity index (χ0v) is 17.3. The molecule has 2 aromatic rings. The van der Waals surface area contributed by atoms with Crippen molar-refractivity contribution in [1.29, 1.82) is 0 Å². The number of rotatable bonds is 3. The maximum atomic E-state index is 13.0. The van der Waals surface area contributed by atoms with E-state index in [2.05, 4.69) is 11.9 Å². The van der Waals surface area contributed by atoms with Crippen LogP contribution in [-0.4, -0.2) is 54.7 Å². The van der Waals surface area contributed by atoms with E-state index in [9.17, 15) is 13.2 Å². The zero-order chi connectivity index (χ0) is 19.7. The summed E-state index contributed by atoms with van der Waals surface area (Å²) in [4.78, 5) is 18.2. The molecule has 2 fully saturated rings. The van der Waals surface area contributed by atoms with Crippen LogP contribution in [0.15, 0.2) is 29.2 Å². The summed E-state index contributed by atoms with van der Waals surface area (Å²) >= 11 is 0. The summed E-state index contributed by atoms with van der Waals surface area (Å²) in [5.41, 5.74) is 1.34. The molecule has 152 valence electrons. The van der Waals surface area contributed by atoms with Crippen molar-refractivity contribution >= 4 is 26.8 Å². The molecule has 28 heavy (non-hydrogen) atoms. The van der Waals surface area contributed by atoms with Gasteiger partial charge in [0.1, 0.15) is 5.69 Å². The number of nitrogens with zero attached hydrogens (tertiary/aromatic N) is 2. The van der Waals surface area contributed by atoms with Crippen LogP contribution >= 0.6 is 0 Å². The third-order valence-electron chi connectivity index (χ3n) is 6.10. The van der Waals surface area contributed by atoms with Crippen LogP contribution in [0.4, 0.5) is 0 Å². The number of hydrogen-bond donors (Lipinski definition) is 1. The standard InChI is InChI=1S/C21H29N3O3S/c1-16-8-12-24(13-9-16)28(26,27)18-6-7-19-17(14-18)15-20(22-19)21(25)23-10-4-2-3-5-11-23/h6-7,14-16,22H,2-5,8-13H2,1H3. The van der Waals surface area contributed by atoms with Gasteiger partial charge in [-0.05, 0) is 55.9 Å². The van der Waals surface area contributed by atoms with Gasteiger partial charge in [0, 0.05) is 37.1 Å². The highest BCUT2D eigenvalue weighted by molar-refractivity contribution is 7.89. The summed E-state index contributed by atoms with van der Waals surface area (Å²) in [7, 11) is -3.49. The first-order valence-electron chi connectivity index (χ1n) is 10.4. The lowest BCUT2D eigenvalue weighted by Gasteiger charge is -2.29. The summed E-state index contributed by atoms with van der Waals surface area (Å²) < 4.78 is 27.6. The fraction of sp³-hybridized carbons (Fsp3) is 0.571. The van der Waals surface area contributed by atoms with Gasteiger partial charge in [0.25, 0.3) is 5.91 Å². The number of nitrogens with one attached hydrogen (secondary N) is 1. The number of sulfonamides is 1. The van der Waals surface area contributed by atoms with Crippen LogP contribution in [-0.2, 0) is 10.0 Å². The van der Waals surface area contributed by atoms with Gasteiger partial charge in [-0.2, -0.15) is 4.31 Å². The van der Waals surface area contributed by atoms with E-state index >= 15 is 0 Å². The van der Waals surface area contributed by atoms with Gasteiger partial charge in [0.05, 0.1) is 4.90 Å². The van der Waals surface area contributed by atoms with Crippen molar-refractivity contribution in [3.05, 3.63) is 30.0 Å². The number of aromatic amines is 1. The number of carbonyl (C=O) groups excluding carboxylic acids is 1. The molecule has 4 rings (SSSR count). The average molecular weight is 404 g/mol. The normalized spacial score (nSPS) is 20.4. The molecule has 0 spiro atoms. The molecule has 1 aromatic heterocycles. The fourth-order valence-corrected chi connectivity index (χ4v) is 5.71. The first-order chi connectivity index (χ1) is 13.4. The molecule has 2 saturated heterocycles. The van der Waals surface area contributed by atoms with Gasteiger partial charge in [0.2, 0.25) is 10.0 Å². The third kappa shape index (κ3) is 3.82. The van der Waals surface area contributed by atoms with E-state index in [4.69, 9.17) is 0 Å². The highest BCUT2D eigenvalue weighted by Crippen LogP contribution is 2.27. The van der Waals surface area contributed by atoms with Gasteiger partial charge >= 0.3 is 0 Å². The summed E-state index contributed by atoms with van der Waals surface area (Å²) in [6, 6.07) is 6.90. The second-order valence-corrected chi connectivity index (χ2v) is 10.2. The predicted molar refractivity (Wildman–Crippen MR) is 110 cm³/mol. The van der Waals surface area contributed by atoms with Crippen molar-refractivity contribution < 1.29 is 13.2 Å². The van der Waals surface area contributed by atoms with Crippen LogP contribution in [0.1, 0.15) is 55.9 Å². The molecule has 2 aliphatic rings. The number of benzene rings is 1. The fourth-order valence-electron chi connectivity index (χ4n) is 4.20. The first kappa shape index (κ1) is 19.5. The summed E-state index contributed by atoms with van der Waals surface area (Å²) in [6.07, 6.45) is 6.24. The van der Waals surface area contributed by atoms with E-state index in [1.54, 1.807) is 28.6 Å². The minimum Gasteiger partial charge on any atom is -0.351 e. The van der Waals surface area contributed by atoms with E-state index in [-0.39, 0.29) is 5.91 Å². The molecule has 0 aliphatic carbocycles. The third-order valence-corrected chi connectivity index (χ3v) is 7.99. The van der Waals surface area contributed by atoms with E-state index < -0.39 is 10.0 Å². The Morgan fingerprint density at radius 1 is 1.00 bits per heavy atom. The van der Waals surface area contributed by atoms with Crippen molar-refractivity contribution in [3.8, 4) is 0 Å². The Bertz CT molecular complexity index is 950. The van der Waals surface area contributed by atoms with Crippen molar-refractivity contribution in [2.24, 2.45) is 5.92 Å². The van der Waals surface area contributed by atoms with E-state index in [0.717, 1.165) is 49.7 Å². The molecule has 0 bridgehead atoms. The van der Waals surface area contributed by atoms with Crippen molar-refractivity contribution in [1.82, 2.24) is 14.2 Å². The molecule has 6 nitrogen and oxygen atoms in total. The minimum absolute atomic E-state index is 0.00697. The van der Waals surface area contributed by atoms with Crippen molar-refractivity contribution in [2.75, 3.05) is 26.2 Å². The van der Waals surface area contributed by atoms with Crippen LogP contribution < -0.4 is 0 Å². The molecule has 1 aromatic carbocycles. The van der Waals surface area contributed by atoms with Gasteiger partial charge in [-0.15, -0.1) is 0 Å². The quantitative estimate of drug-likeness (QED) is 0.851. The van der Waals surface area contributed by atoms with Crippen LogP contribution in [0.5, 0.6) is 0 Å². The molecule has 0 atom stereocenters. The molecule has 1 N–H and O–H groups in total. The van der Waals surface area contributed by atoms with E-state index in [1.165, 1.54) is 12.8 Å². The van der Waals surface area contributed by atoms with Crippen LogP contribution in [0.25, 0.3) is 10.9 Å². The molecular weight excluding hydrogens is 374 g/mol. The number of aromatic nitrogens is 1. The van der Waals surface area contributed by atoms with Gasteiger partial charge < -0.3 is 9.88 Å². The molecule has 0 unspecified atom stereocenters. The molecule has 7 heteroatoms. The number of piperidine rings is 1. The Labute approximate surface area is 166 Å². The van der Waals surface area contributed by atoms with Gasteiger partial charge in [-0.1, -0.05) is 19.8 Å². The minimum atomic E-state index is -3.49. The second kappa shape index (κ2) is 7.87. The Hall–Kier alpha value is -1.86.